The minimum absolute atomic E-state index is 0.0739. The molecule has 5 aliphatic carbocycles. The van der Waals surface area contributed by atoms with E-state index in [-0.39, 0.29) is 28.2 Å². The number of piperidine rings is 1. The molecule has 4 heteroatoms. The second kappa shape index (κ2) is 9.96. The topological polar surface area (TPSA) is 49.4 Å². The molecule has 0 aromatic heterocycles. The van der Waals surface area contributed by atoms with Crippen molar-refractivity contribution < 1.29 is 9.59 Å². The van der Waals surface area contributed by atoms with E-state index < -0.39 is 0 Å². The largest absolute Gasteiger partial charge is 0.332 e. The Balaban J connectivity index is 1.23. The molecule has 4 saturated carbocycles. The summed E-state index contributed by atoms with van der Waals surface area (Å²) in [7, 11) is 0. The Kier molecular flexibility index (Phi) is 6.80. The number of nitrogens with zero attached hydrogens (tertiary/aromatic N) is 1. The lowest BCUT2D eigenvalue weighted by molar-refractivity contribution is -0.118. The molecule has 4 nitrogen and oxygen atoms in total. The summed E-state index contributed by atoms with van der Waals surface area (Å²) in [6, 6.07) is 9.45. The monoisotopic (exact) mass is 570 g/mol. The van der Waals surface area contributed by atoms with Crippen molar-refractivity contribution in [2.24, 2.45) is 34.5 Å². The Morgan fingerprint density at radius 2 is 1.57 bits per heavy atom. The van der Waals surface area contributed by atoms with Gasteiger partial charge < -0.3 is 5.32 Å². The van der Waals surface area contributed by atoms with E-state index in [1.807, 2.05) is 6.08 Å². The Labute approximate surface area is 254 Å². The summed E-state index contributed by atoms with van der Waals surface area (Å²) in [5.41, 5.74) is 4.07. The van der Waals surface area contributed by atoms with Crippen molar-refractivity contribution in [1.82, 2.24) is 10.2 Å². The Hall–Kier alpha value is -2.10. The Bertz CT molecular complexity index is 1260. The van der Waals surface area contributed by atoms with Crippen LogP contribution in [-0.4, -0.2) is 28.8 Å². The van der Waals surface area contributed by atoms with Gasteiger partial charge in [0.2, 0.25) is 0 Å². The molecule has 1 aromatic rings. The number of amides is 2. The summed E-state index contributed by atoms with van der Waals surface area (Å²) in [5, 5.41) is 3.79. The van der Waals surface area contributed by atoms with Gasteiger partial charge in [0.25, 0.3) is 0 Å². The van der Waals surface area contributed by atoms with Crippen LogP contribution in [0.15, 0.2) is 36.0 Å². The molecule has 0 radical (unpaired) electrons. The molecule has 1 heterocycles. The van der Waals surface area contributed by atoms with Crippen LogP contribution in [0.1, 0.15) is 135 Å². The van der Waals surface area contributed by atoms with E-state index in [9.17, 15) is 9.59 Å². The Morgan fingerprint density at radius 3 is 2.26 bits per heavy atom. The standard InChI is InChI=1S/C38H54N2O2/c1-35(2,3)27-14-12-26(13-15-27)33-25-9-6-19-38(33,20-7-10-25)39-34(42)40-24-29-30-11-8-18-36(30,4)21-17-31(29)37(5)22-16-28(41)23-32(37)40/h12-15,23,25,29-31,33H,6-11,16-22,24H2,1-5H3,(H,39,42)/t25?,29-,30-,31-,33?,36-,37+,38?/m0/s1. The molecule has 7 rings (SSSR count). The highest BCUT2D eigenvalue weighted by Crippen LogP contribution is 2.64. The number of benzene rings is 1. The third-order valence-electron chi connectivity index (χ3n) is 13.7. The van der Waals surface area contributed by atoms with Crippen LogP contribution in [0.4, 0.5) is 4.79 Å². The molecular formula is C38H54N2O2. The van der Waals surface area contributed by atoms with Gasteiger partial charge in [-0.05, 0) is 103 Å². The number of ketones is 1. The first kappa shape index (κ1) is 28.7. The lowest BCUT2D eigenvalue weighted by atomic mass is 9.50. The molecule has 2 bridgehead atoms. The SMILES string of the molecule is CC(C)(C)c1ccc(C2C3CCCC2(NC(=O)N2C[C@H]4[C@@H]5CCC[C@@]5(C)CC[C@@H]4[C@@]4(C)CCC(=O)C=C24)CCC3)cc1. The fourth-order valence-corrected chi connectivity index (χ4v) is 11.5. The van der Waals surface area contributed by atoms with Crippen LogP contribution in [-0.2, 0) is 10.2 Å². The molecule has 0 spiro atoms. The third-order valence-corrected chi connectivity index (χ3v) is 13.7. The average Bonchev–Trinajstić information content (AvgIpc) is 3.34. The fraction of sp³-hybridized carbons (Fsp3) is 0.737. The van der Waals surface area contributed by atoms with Crippen LogP contribution in [0.25, 0.3) is 0 Å². The highest BCUT2D eigenvalue weighted by Gasteiger charge is 2.59. The molecule has 1 aliphatic heterocycles. The number of allylic oxidation sites excluding steroid dienone is 2. The lowest BCUT2D eigenvalue weighted by Gasteiger charge is -2.60. The summed E-state index contributed by atoms with van der Waals surface area (Å²) >= 11 is 0. The number of urea groups is 1. The number of likely N-dealkylation sites (tertiary alicyclic amines) is 1. The van der Waals surface area contributed by atoms with Crippen LogP contribution in [0.3, 0.4) is 0 Å². The number of fused-ring (bicyclic) bond motifs is 7. The number of carbonyl (C=O) groups excluding carboxylic acids is 2. The van der Waals surface area contributed by atoms with Crippen molar-refractivity contribution in [3.05, 3.63) is 47.2 Å². The molecule has 228 valence electrons. The summed E-state index contributed by atoms with van der Waals surface area (Å²) in [6.45, 7) is 12.6. The van der Waals surface area contributed by atoms with Crippen LogP contribution < -0.4 is 5.32 Å². The minimum atomic E-state index is -0.206. The lowest BCUT2D eigenvalue weighted by Crippen LogP contribution is -2.64. The van der Waals surface area contributed by atoms with E-state index >= 15 is 0 Å². The fourth-order valence-electron chi connectivity index (χ4n) is 11.5. The molecule has 1 N–H and O–H groups in total. The van der Waals surface area contributed by atoms with E-state index in [1.54, 1.807) is 0 Å². The molecule has 2 amide bonds. The van der Waals surface area contributed by atoms with E-state index in [1.165, 1.54) is 68.9 Å². The number of nitrogens with one attached hydrogen (secondary N) is 1. The van der Waals surface area contributed by atoms with Crippen molar-refractivity contribution >= 4 is 11.8 Å². The van der Waals surface area contributed by atoms with Gasteiger partial charge in [-0.3, -0.25) is 9.69 Å². The quantitative estimate of drug-likeness (QED) is 0.386. The predicted molar refractivity (Wildman–Crippen MR) is 169 cm³/mol. The summed E-state index contributed by atoms with van der Waals surface area (Å²) in [6.07, 6.45) is 16.9. The number of hydrogen-bond donors (Lipinski definition) is 1. The highest BCUT2D eigenvalue weighted by atomic mass is 16.2. The maximum absolute atomic E-state index is 14.7. The number of hydrogen-bond acceptors (Lipinski definition) is 2. The van der Waals surface area contributed by atoms with Gasteiger partial charge in [-0.1, -0.05) is 78.1 Å². The number of rotatable bonds is 2. The van der Waals surface area contributed by atoms with Crippen molar-refractivity contribution in [1.29, 1.82) is 0 Å². The number of carbonyl (C=O) groups is 2. The second-order valence-electron chi connectivity index (χ2n) is 17.0. The van der Waals surface area contributed by atoms with Gasteiger partial charge in [0, 0.05) is 41.6 Å². The first-order valence-electron chi connectivity index (χ1n) is 17.4. The highest BCUT2D eigenvalue weighted by molar-refractivity contribution is 5.93. The van der Waals surface area contributed by atoms with Gasteiger partial charge in [-0.2, -0.15) is 0 Å². The van der Waals surface area contributed by atoms with Gasteiger partial charge in [0.1, 0.15) is 0 Å². The maximum Gasteiger partial charge on any atom is 0.322 e. The van der Waals surface area contributed by atoms with Gasteiger partial charge in [-0.15, -0.1) is 0 Å². The van der Waals surface area contributed by atoms with E-state index in [0.717, 1.165) is 31.5 Å². The first-order chi connectivity index (χ1) is 19.9. The first-order valence-corrected chi connectivity index (χ1v) is 17.4. The van der Waals surface area contributed by atoms with E-state index in [2.05, 4.69) is 69.1 Å². The Morgan fingerprint density at radius 1 is 0.881 bits per heavy atom. The summed E-state index contributed by atoms with van der Waals surface area (Å²) in [5.74, 6) is 3.00. The predicted octanol–water partition coefficient (Wildman–Crippen LogP) is 8.90. The van der Waals surface area contributed by atoms with Crippen LogP contribution in [0.2, 0.25) is 0 Å². The van der Waals surface area contributed by atoms with E-state index in [4.69, 9.17) is 0 Å². The van der Waals surface area contributed by atoms with Crippen LogP contribution in [0, 0.1) is 34.5 Å². The third kappa shape index (κ3) is 4.43. The smallest absolute Gasteiger partial charge is 0.322 e. The van der Waals surface area contributed by atoms with Crippen LogP contribution >= 0.6 is 0 Å². The van der Waals surface area contributed by atoms with Gasteiger partial charge >= 0.3 is 6.03 Å². The normalized spacial score (nSPS) is 41.4. The zero-order valence-electron chi connectivity index (χ0n) is 26.9. The van der Waals surface area contributed by atoms with Gasteiger partial charge in [0.05, 0.1) is 0 Å². The molecular weight excluding hydrogens is 516 g/mol. The van der Waals surface area contributed by atoms with Crippen molar-refractivity contribution in [3.63, 3.8) is 0 Å². The van der Waals surface area contributed by atoms with Gasteiger partial charge in [0.15, 0.2) is 5.78 Å². The zero-order valence-corrected chi connectivity index (χ0v) is 26.9. The molecule has 1 aromatic carbocycles. The van der Waals surface area contributed by atoms with Crippen molar-refractivity contribution in [3.8, 4) is 0 Å². The molecule has 1 unspecified atom stereocenters. The maximum atomic E-state index is 14.7. The minimum Gasteiger partial charge on any atom is -0.332 e. The van der Waals surface area contributed by atoms with Crippen molar-refractivity contribution in [2.75, 3.05) is 6.54 Å². The van der Waals surface area contributed by atoms with Crippen LogP contribution in [0.5, 0.6) is 0 Å². The molecule has 5 fully saturated rings. The van der Waals surface area contributed by atoms with E-state index in [0.29, 0.717) is 41.4 Å². The second-order valence-corrected chi connectivity index (χ2v) is 17.0. The summed E-state index contributed by atoms with van der Waals surface area (Å²) < 4.78 is 0. The molecule has 6 aliphatic rings. The molecule has 6 atom stereocenters. The van der Waals surface area contributed by atoms with Crippen molar-refractivity contribution in [2.45, 2.75) is 135 Å². The molecule has 42 heavy (non-hydrogen) atoms. The molecule has 1 saturated heterocycles. The average molecular weight is 571 g/mol. The zero-order chi connectivity index (χ0) is 29.5. The van der Waals surface area contributed by atoms with Gasteiger partial charge in [-0.25, -0.2) is 4.79 Å². The summed E-state index contributed by atoms with van der Waals surface area (Å²) in [4.78, 5) is 29.7.